The molecule has 0 amide bonds. The fourth-order valence-corrected chi connectivity index (χ4v) is 2.01. The summed E-state index contributed by atoms with van der Waals surface area (Å²) in [6.45, 7) is 5.09. The van der Waals surface area contributed by atoms with E-state index >= 15 is 0 Å². The van der Waals surface area contributed by atoms with E-state index in [9.17, 15) is 0 Å². The average Bonchev–Trinajstić information content (AvgIpc) is 2.94. The molecule has 0 bridgehead atoms. The van der Waals surface area contributed by atoms with E-state index in [2.05, 4.69) is 63.9 Å². The Morgan fingerprint density at radius 1 is 1.15 bits per heavy atom. The first-order valence-corrected chi connectivity index (χ1v) is 6.59. The molecule has 1 N–H and O–H groups in total. The Bertz CT molecular complexity index is 701. The smallest absolute Gasteiger partial charge is 0.199 e. The van der Waals surface area contributed by atoms with Gasteiger partial charge in [0.2, 0.25) is 0 Å². The minimum Gasteiger partial charge on any atom is -0.365 e. The number of aromatic nitrogens is 5. The van der Waals surface area contributed by atoms with E-state index in [1.165, 1.54) is 11.1 Å². The molecule has 0 fully saturated rings. The number of fused-ring (bicyclic) bond motifs is 1. The lowest BCUT2D eigenvalue weighted by Crippen LogP contribution is -2.06. The summed E-state index contributed by atoms with van der Waals surface area (Å²) >= 11 is 0. The second-order valence-corrected chi connectivity index (χ2v) is 4.99. The number of tetrazole rings is 1. The van der Waals surface area contributed by atoms with Crippen LogP contribution in [0, 0.1) is 0 Å². The third kappa shape index (κ3) is 2.45. The normalized spacial score (nSPS) is 11.2. The Kier molecular flexibility index (Phi) is 3.28. The van der Waals surface area contributed by atoms with Gasteiger partial charge in [0.05, 0.1) is 12.4 Å². The van der Waals surface area contributed by atoms with Gasteiger partial charge in [-0.3, -0.25) is 4.98 Å². The van der Waals surface area contributed by atoms with Gasteiger partial charge >= 0.3 is 0 Å². The molecule has 0 saturated carbocycles. The third-order valence-electron chi connectivity index (χ3n) is 3.23. The lowest BCUT2D eigenvalue weighted by molar-refractivity contribution is 0.819. The predicted molar refractivity (Wildman–Crippen MR) is 76.4 cm³/mol. The zero-order valence-corrected chi connectivity index (χ0v) is 11.5. The van der Waals surface area contributed by atoms with Crippen LogP contribution in [0.2, 0.25) is 0 Å². The van der Waals surface area contributed by atoms with Crippen molar-refractivity contribution in [3.8, 4) is 0 Å². The van der Waals surface area contributed by atoms with E-state index in [1.54, 1.807) is 16.9 Å². The van der Waals surface area contributed by atoms with Crippen LogP contribution in [0.1, 0.15) is 30.9 Å². The SMILES string of the molecule is CC(C)c1ccc(CNc2cncc3nnnn23)cc1. The van der Waals surface area contributed by atoms with E-state index in [0.717, 1.165) is 5.82 Å². The summed E-state index contributed by atoms with van der Waals surface area (Å²) in [5, 5.41) is 14.7. The Labute approximate surface area is 116 Å². The molecule has 2 heterocycles. The highest BCUT2D eigenvalue weighted by Crippen LogP contribution is 2.15. The fourth-order valence-electron chi connectivity index (χ4n) is 2.01. The highest BCUT2D eigenvalue weighted by atomic mass is 15.5. The molecule has 0 aliphatic carbocycles. The van der Waals surface area contributed by atoms with Crippen molar-refractivity contribution >= 4 is 11.5 Å². The van der Waals surface area contributed by atoms with E-state index in [4.69, 9.17) is 0 Å². The maximum Gasteiger partial charge on any atom is 0.199 e. The number of hydrogen-bond donors (Lipinski definition) is 1. The number of hydrogen-bond acceptors (Lipinski definition) is 5. The molecule has 0 saturated heterocycles. The molecule has 0 unspecified atom stereocenters. The summed E-state index contributed by atoms with van der Waals surface area (Å²) in [4.78, 5) is 4.11. The molecule has 0 aliphatic heterocycles. The van der Waals surface area contributed by atoms with Crippen molar-refractivity contribution in [3.05, 3.63) is 47.8 Å². The molecule has 0 atom stereocenters. The van der Waals surface area contributed by atoms with Gasteiger partial charge in [-0.25, -0.2) is 0 Å². The quantitative estimate of drug-likeness (QED) is 0.786. The fraction of sp³-hybridized carbons (Fsp3) is 0.286. The van der Waals surface area contributed by atoms with Gasteiger partial charge < -0.3 is 5.32 Å². The van der Waals surface area contributed by atoms with Crippen LogP contribution >= 0.6 is 0 Å². The Hall–Kier alpha value is -2.50. The first kappa shape index (κ1) is 12.5. The summed E-state index contributed by atoms with van der Waals surface area (Å²) in [7, 11) is 0. The van der Waals surface area contributed by atoms with Crippen molar-refractivity contribution in [1.29, 1.82) is 0 Å². The zero-order valence-electron chi connectivity index (χ0n) is 11.5. The summed E-state index contributed by atoms with van der Waals surface area (Å²) in [5.41, 5.74) is 3.18. The highest BCUT2D eigenvalue weighted by molar-refractivity contribution is 5.44. The number of nitrogens with zero attached hydrogens (tertiary/aromatic N) is 5. The molecule has 0 aliphatic rings. The van der Waals surface area contributed by atoms with Crippen LogP contribution in [0.15, 0.2) is 36.7 Å². The molecule has 1 aromatic carbocycles. The first-order chi connectivity index (χ1) is 9.74. The van der Waals surface area contributed by atoms with E-state index < -0.39 is 0 Å². The highest BCUT2D eigenvalue weighted by Gasteiger charge is 2.04. The molecular formula is C14H16N6. The second-order valence-electron chi connectivity index (χ2n) is 4.99. The molecule has 3 rings (SSSR count). The summed E-state index contributed by atoms with van der Waals surface area (Å²) in [6, 6.07) is 8.60. The molecule has 6 heteroatoms. The first-order valence-electron chi connectivity index (χ1n) is 6.59. The molecule has 3 aromatic rings. The molecule has 2 aromatic heterocycles. The van der Waals surface area contributed by atoms with Crippen LogP contribution in [0.25, 0.3) is 5.65 Å². The van der Waals surface area contributed by atoms with E-state index in [0.29, 0.717) is 18.1 Å². The molecule has 6 nitrogen and oxygen atoms in total. The minimum absolute atomic E-state index is 0.552. The molecule has 0 radical (unpaired) electrons. The standard InChI is InChI=1S/C14H16N6/c1-10(2)12-5-3-11(4-6-12)7-16-13-8-15-9-14-17-18-19-20(13)14/h3-6,8-10,16H,7H2,1-2H3. The zero-order chi connectivity index (χ0) is 13.9. The van der Waals surface area contributed by atoms with E-state index in [-0.39, 0.29) is 0 Å². The largest absolute Gasteiger partial charge is 0.365 e. The maximum atomic E-state index is 4.11. The Balaban J connectivity index is 1.74. The van der Waals surface area contributed by atoms with Crippen molar-refractivity contribution < 1.29 is 0 Å². The number of benzene rings is 1. The number of rotatable bonds is 4. The lowest BCUT2D eigenvalue weighted by Gasteiger charge is -2.09. The summed E-state index contributed by atoms with van der Waals surface area (Å²) in [6.07, 6.45) is 3.34. The van der Waals surface area contributed by atoms with Crippen molar-refractivity contribution in [3.63, 3.8) is 0 Å². The van der Waals surface area contributed by atoms with Gasteiger partial charge in [0, 0.05) is 6.54 Å². The van der Waals surface area contributed by atoms with Crippen LogP contribution < -0.4 is 5.32 Å². The Morgan fingerprint density at radius 3 is 2.70 bits per heavy atom. The maximum absolute atomic E-state index is 4.11. The van der Waals surface area contributed by atoms with Gasteiger partial charge in [0.25, 0.3) is 0 Å². The third-order valence-corrected chi connectivity index (χ3v) is 3.23. The van der Waals surface area contributed by atoms with Crippen molar-refractivity contribution in [2.75, 3.05) is 5.32 Å². The summed E-state index contributed by atoms with van der Waals surface area (Å²) in [5.74, 6) is 1.33. The monoisotopic (exact) mass is 268 g/mol. The van der Waals surface area contributed by atoms with Crippen molar-refractivity contribution in [1.82, 2.24) is 25.0 Å². The topological polar surface area (TPSA) is 68.0 Å². The molecule has 20 heavy (non-hydrogen) atoms. The van der Waals surface area contributed by atoms with Gasteiger partial charge in [-0.15, -0.1) is 5.10 Å². The van der Waals surface area contributed by atoms with Gasteiger partial charge in [-0.05, 0) is 27.5 Å². The van der Waals surface area contributed by atoms with Crippen LogP contribution in [0.3, 0.4) is 0 Å². The Morgan fingerprint density at radius 2 is 1.95 bits per heavy atom. The predicted octanol–water partition coefficient (Wildman–Crippen LogP) is 2.25. The van der Waals surface area contributed by atoms with Crippen molar-refractivity contribution in [2.24, 2.45) is 0 Å². The van der Waals surface area contributed by atoms with Crippen LogP contribution in [0.5, 0.6) is 0 Å². The number of anilines is 1. The number of nitrogens with one attached hydrogen (secondary N) is 1. The lowest BCUT2D eigenvalue weighted by atomic mass is 10.0. The van der Waals surface area contributed by atoms with Crippen LogP contribution in [-0.4, -0.2) is 25.0 Å². The van der Waals surface area contributed by atoms with Gasteiger partial charge in [0.15, 0.2) is 11.5 Å². The van der Waals surface area contributed by atoms with Gasteiger partial charge in [-0.2, -0.15) is 4.52 Å². The van der Waals surface area contributed by atoms with E-state index in [1.807, 2.05) is 0 Å². The van der Waals surface area contributed by atoms with Gasteiger partial charge in [-0.1, -0.05) is 38.1 Å². The minimum atomic E-state index is 0.552. The van der Waals surface area contributed by atoms with Gasteiger partial charge in [0.1, 0.15) is 0 Å². The molecular weight excluding hydrogens is 252 g/mol. The van der Waals surface area contributed by atoms with Crippen LogP contribution in [-0.2, 0) is 6.54 Å². The molecule has 102 valence electrons. The average molecular weight is 268 g/mol. The second kappa shape index (κ2) is 5.24. The van der Waals surface area contributed by atoms with Crippen molar-refractivity contribution in [2.45, 2.75) is 26.3 Å². The molecule has 0 spiro atoms. The summed E-state index contributed by atoms with van der Waals surface area (Å²) < 4.78 is 1.63. The van der Waals surface area contributed by atoms with Crippen LogP contribution in [0.4, 0.5) is 5.82 Å².